The maximum Gasteiger partial charge on any atom is 0.123 e. The second kappa shape index (κ2) is 7.16. The normalized spacial score (nSPS) is 10.8. The van der Waals surface area contributed by atoms with Gasteiger partial charge in [-0.1, -0.05) is 36.4 Å². The van der Waals surface area contributed by atoms with Crippen LogP contribution in [0.3, 0.4) is 0 Å². The van der Waals surface area contributed by atoms with E-state index in [-0.39, 0.29) is 11.5 Å². The molecular formula is C24H20N2O2. The number of pyridine rings is 2. The summed E-state index contributed by atoms with van der Waals surface area (Å²) in [6.07, 6.45) is 3.47. The van der Waals surface area contributed by atoms with Gasteiger partial charge < -0.3 is 10.2 Å². The van der Waals surface area contributed by atoms with Crippen LogP contribution in [0.2, 0.25) is 0 Å². The van der Waals surface area contributed by atoms with Crippen molar-refractivity contribution in [3.63, 3.8) is 0 Å². The molecular weight excluding hydrogens is 348 g/mol. The average Bonchev–Trinajstić information content (AvgIpc) is 2.69. The highest BCUT2D eigenvalue weighted by Crippen LogP contribution is 2.32. The molecule has 0 radical (unpaired) electrons. The molecule has 0 fully saturated rings. The summed E-state index contributed by atoms with van der Waals surface area (Å²) in [6, 6.07) is 18.8. The number of hydrogen-bond acceptors (Lipinski definition) is 4. The highest BCUT2D eigenvalue weighted by molar-refractivity contribution is 5.73. The summed E-state index contributed by atoms with van der Waals surface area (Å²) >= 11 is 0. The molecule has 0 aliphatic rings. The average molecular weight is 368 g/mol. The zero-order valence-electron chi connectivity index (χ0n) is 15.7. The molecule has 2 N–H and O–H groups in total. The van der Waals surface area contributed by atoms with Gasteiger partial charge in [-0.3, -0.25) is 9.97 Å². The molecule has 138 valence electrons. The monoisotopic (exact) mass is 368 g/mol. The minimum atomic E-state index is 0.245. The molecule has 4 aromatic rings. The maximum atomic E-state index is 10.1. The topological polar surface area (TPSA) is 66.2 Å². The Morgan fingerprint density at radius 2 is 1.00 bits per heavy atom. The summed E-state index contributed by atoms with van der Waals surface area (Å²) in [5.74, 6) is 0.491. The first kappa shape index (κ1) is 17.7. The molecule has 2 heterocycles. The number of phenolic OH excluding ortho intramolecular Hbond substituents is 2. The summed E-state index contributed by atoms with van der Waals surface area (Å²) in [7, 11) is 0. The van der Waals surface area contributed by atoms with Crippen molar-refractivity contribution < 1.29 is 10.2 Å². The van der Waals surface area contributed by atoms with Gasteiger partial charge in [-0.15, -0.1) is 0 Å². The standard InChI is InChI=1S/C24H20N2O2/c1-15-3-7-19(23(27)11-15)17-5-9-21(25-13-17)22-10-6-18(14-26-22)20-8-4-16(2)12-24(20)28/h3-14,27-28H,1-2H3. The number of rotatable bonds is 3. The molecule has 28 heavy (non-hydrogen) atoms. The lowest BCUT2D eigenvalue weighted by Crippen LogP contribution is -1.90. The maximum absolute atomic E-state index is 10.1. The number of phenols is 2. The minimum Gasteiger partial charge on any atom is -0.507 e. The van der Waals surface area contributed by atoms with Crippen LogP contribution in [0.5, 0.6) is 11.5 Å². The summed E-state index contributed by atoms with van der Waals surface area (Å²) in [4.78, 5) is 8.99. The van der Waals surface area contributed by atoms with Gasteiger partial charge in [0.2, 0.25) is 0 Å². The first-order valence-electron chi connectivity index (χ1n) is 9.04. The van der Waals surface area contributed by atoms with Crippen molar-refractivity contribution in [1.82, 2.24) is 9.97 Å². The lowest BCUT2D eigenvalue weighted by atomic mass is 10.0. The van der Waals surface area contributed by atoms with Gasteiger partial charge in [-0.25, -0.2) is 0 Å². The highest BCUT2D eigenvalue weighted by Gasteiger charge is 2.09. The molecule has 0 bridgehead atoms. The second-order valence-corrected chi connectivity index (χ2v) is 6.91. The quantitative estimate of drug-likeness (QED) is 0.501. The number of benzene rings is 2. The van der Waals surface area contributed by atoms with Crippen molar-refractivity contribution >= 4 is 0 Å². The minimum absolute atomic E-state index is 0.245. The van der Waals surface area contributed by atoms with Crippen LogP contribution in [-0.4, -0.2) is 20.2 Å². The van der Waals surface area contributed by atoms with Crippen LogP contribution in [0, 0.1) is 13.8 Å². The predicted molar refractivity (Wildman–Crippen MR) is 111 cm³/mol. The Balaban J connectivity index is 1.61. The van der Waals surface area contributed by atoms with Crippen LogP contribution in [0.15, 0.2) is 73.1 Å². The molecule has 0 saturated carbocycles. The van der Waals surface area contributed by atoms with Crippen molar-refractivity contribution in [2.75, 3.05) is 0 Å². The van der Waals surface area contributed by atoms with Gasteiger partial charge in [0.15, 0.2) is 0 Å². The molecule has 0 aliphatic heterocycles. The molecule has 0 saturated heterocycles. The van der Waals surface area contributed by atoms with E-state index in [9.17, 15) is 10.2 Å². The fraction of sp³-hybridized carbons (Fsp3) is 0.0833. The zero-order chi connectivity index (χ0) is 19.7. The Morgan fingerprint density at radius 1 is 0.571 bits per heavy atom. The van der Waals surface area contributed by atoms with Crippen LogP contribution in [0.1, 0.15) is 11.1 Å². The van der Waals surface area contributed by atoms with E-state index in [1.165, 1.54) is 0 Å². The Bertz CT molecular complexity index is 1040. The van der Waals surface area contributed by atoms with Gasteiger partial charge in [0.05, 0.1) is 11.4 Å². The first-order chi connectivity index (χ1) is 13.5. The lowest BCUT2D eigenvalue weighted by molar-refractivity contribution is 0.476. The van der Waals surface area contributed by atoms with Crippen molar-refractivity contribution in [2.24, 2.45) is 0 Å². The Morgan fingerprint density at radius 3 is 1.32 bits per heavy atom. The number of nitrogens with zero attached hydrogens (tertiary/aromatic N) is 2. The molecule has 4 rings (SSSR count). The largest absolute Gasteiger partial charge is 0.507 e. The fourth-order valence-electron chi connectivity index (χ4n) is 3.18. The van der Waals surface area contributed by atoms with Crippen LogP contribution in [0.4, 0.5) is 0 Å². The smallest absolute Gasteiger partial charge is 0.123 e. The summed E-state index contributed by atoms with van der Waals surface area (Å²) < 4.78 is 0. The van der Waals surface area contributed by atoms with Crippen LogP contribution in [0.25, 0.3) is 33.6 Å². The van der Waals surface area contributed by atoms with E-state index < -0.39 is 0 Å². The molecule has 0 amide bonds. The van der Waals surface area contributed by atoms with E-state index >= 15 is 0 Å². The van der Waals surface area contributed by atoms with E-state index in [2.05, 4.69) is 9.97 Å². The Hall–Kier alpha value is -3.66. The SMILES string of the molecule is Cc1ccc(-c2ccc(-c3ccc(-c4ccc(C)cc4O)cn3)nc2)c(O)c1. The molecule has 0 atom stereocenters. The van der Waals surface area contributed by atoms with Gasteiger partial charge in [-0.05, 0) is 49.2 Å². The van der Waals surface area contributed by atoms with E-state index in [4.69, 9.17) is 0 Å². The molecule has 0 aliphatic carbocycles. The van der Waals surface area contributed by atoms with Crippen LogP contribution < -0.4 is 0 Å². The van der Waals surface area contributed by atoms with E-state index in [1.54, 1.807) is 24.5 Å². The molecule has 4 heteroatoms. The van der Waals surface area contributed by atoms with Gasteiger partial charge in [-0.2, -0.15) is 0 Å². The Kier molecular flexibility index (Phi) is 4.53. The van der Waals surface area contributed by atoms with Crippen molar-refractivity contribution in [1.29, 1.82) is 0 Å². The van der Waals surface area contributed by atoms with Gasteiger partial charge in [0.1, 0.15) is 11.5 Å². The number of aromatic nitrogens is 2. The van der Waals surface area contributed by atoms with Gasteiger partial charge >= 0.3 is 0 Å². The van der Waals surface area contributed by atoms with Crippen molar-refractivity contribution in [2.45, 2.75) is 13.8 Å². The highest BCUT2D eigenvalue weighted by atomic mass is 16.3. The molecule has 2 aromatic heterocycles. The van der Waals surface area contributed by atoms with Gasteiger partial charge in [0, 0.05) is 34.6 Å². The zero-order valence-corrected chi connectivity index (χ0v) is 15.7. The van der Waals surface area contributed by atoms with Crippen LogP contribution >= 0.6 is 0 Å². The second-order valence-electron chi connectivity index (χ2n) is 6.91. The van der Waals surface area contributed by atoms with E-state index in [0.717, 1.165) is 44.8 Å². The third kappa shape index (κ3) is 3.45. The van der Waals surface area contributed by atoms with Crippen molar-refractivity contribution in [3.8, 4) is 45.1 Å². The third-order valence-corrected chi connectivity index (χ3v) is 4.72. The molecule has 0 unspecified atom stereocenters. The summed E-state index contributed by atoms with van der Waals surface area (Å²) in [6.45, 7) is 3.88. The third-order valence-electron chi connectivity index (χ3n) is 4.72. The predicted octanol–water partition coefficient (Wildman–Crippen LogP) is 5.51. The molecule has 0 spiro atoms. The van der Waals surface area contributed by atoms with Crippen LogP contribution in [-0.2, 0) is 0 Å². The number of aromatic hydroxyl groups is 2. The number of hydrogen-bond donors (Lipinski definition) is 2. The number of aryl methyl sites for hydroxylation is 2. The molecule has 2 aromatic carbocycles. The van der Waals surface area contributed by atoms with E-state index in [0.29, 0.717) is 0 Å². The summed E-state index contributed by atoms with van der Waals surface area (Å²) in [5, 5.41) is 20.3. The van der Waals surface area contributed by atoms with E-state index in [1.807, 2.05) is 62.4 Å². The lowest BCUT2D eigenvalue weighted by Gasteiger charge is -2.08. The first-order valence-corrected chi connectivity index (χ1v) is 9.04. The Labute approximate surface area is 163 Å². The summed E-state index contributed by atoms with van der Waals surface area (Å²) in [5.41, 5.74) is 6.71. The van der Waals surface area contributed by atoms with Crippen molar-refractivity contribution in [3.05, 3.63) is 84.2 Å². The molecule has 4 nitrogen and oxygen atoms in total. The fourth-order valence-corrected chi connectivity index (χ4v) is 3.18. The van der Waals surface area contributed by atoms with Gasteiger partial charge in [0.25, 0.3) is 0 Å².